The van der Waals surface area contributed by atoms with E-state index in [0.29, 0.717) is 19.3 Å². The molecule has 0 heterocycles. The van der Waals surface area contributed by atoms with Crippen LogP contribution in [-0.2, 0) is 28.6 Å². The first-order valence-electron chi connectivity index (χ1n) is 32.7. The number of unbranched alkanes of at least 4 members (excludes halogenated alkanes) is 32. The van der Waals surface area contributed by atoms with E-state index in [1.807, 2.05) is 0 Å². The van der Waals surface area contributed by atoms with Crippen molar-refractivity contribution in [3.8, 4) is 0 Å². The van der Waals surface area contributed by atoms with Gasteiger partial charge < -0.3 is 14.2 Å². The van der Waals surface area contributed by atoms with E-state index in [0.717, 1.165) is 109 Å². The molecule has 0 spiro atoms. The van der Waals surface area contributed by atoms with Gasteiger partial charge in [0.25, 0.3) is 0 Å². The predicted octanol–water partition coefficient (Wildman–Crippen LogP) is 22.4. The number of esters is 3. The van der Waals surface area contributed by atoms with Crippen molar-refractivity contribution >= 4 is 17.9 Å². The Kier molecular flexibility index (Phi) is 61.8. The second-order valence-electron chi connectivity index (χ2n) is 21.6. The lowest BCUT2D eigenvalue weighted by Crippen LogP contribution is -2.30. The Labute approximate surface area is 477 Å². The van der Waals surface area contributed by atoms with Gasteiger partial charge in [-0.25, -0.2) is 0 Å². The van der Waals surface area contributed by atoms with Crippen molar-refractivity contribution in [2.24, 2.45) is 0 Å². The number of hydrogen-bond acceptors (Lipinski definition) is 6. The number of hydrogen-bond donors (Lipinski definition) is 0. The van der Waals surface area contributed by atoms with E-state index in [2.05, 4.69) is 118 Å². The van der Waals surface area contributed by atoms with Crippen molar-refractivity contribution < 1.29 is 28.6 Å². The summed E-state index contributed by atoms with van der Waals surface area (Å²) < 4.78 is 16.9. The summed E-state index contributed by atoms with van der Waals surface area (Å²) in [7, 11) is 0. The van der Waals surface area contributed by atoms with Crippen molar-refractivity contribution in [1.29, 1.82) is 0 Å². The normalized spacial score (nSPS) is 12.7. The minimum atomic E-state index is -0.793. The summed E-state index contributed by atoms with van der Waals surface area (Å²) in [6, 6.07) is 0. The summed E-state index contributed by atoms with van der Waals surface area (Å²) in [6.07, 6.45) is 86.9. The molecule has 0 saturated carbocycles. The second-order valence-corrected chi connectivity index (χ2v) is 21.6. The Balaban J connectivity index is 4.42. The lowest BCUT2D eigenvalue weighted by Gasteiger charge is -2.18. The average Bonchev–Trinajstić information content (AvgIpc) is 3.43. The van der Waals surface area contributed by atoms with Crippen LogP contribution in [0.25, 0.3) is 0 Å². The molecule has 0 N–H and O–H groups in total. The second kappa shape index (κ2) is 64.9. The first-order chi connectivity index (χ1) is 38.0. The van der Waals surface area contributed by atoms with Gasteiger partial charge in [-0.05, 0) is 103 Å². The minimum Gasteiger partial charge on any atom is -0.462 e. The molecule has 0 bridgehead atoms. The highest BCUT2D eigenvalue weighted by atomic mass is 16.6. The first-order valence-corrected chi connectivity index (χ1v) is 32.7. The maximum atomic E-state index is 12.9. The van der Waals surface area contributed by atoms with Crippen molar-refractivity contribution in [2.45, 2.75) is 322 Å². The van der Waals surface area contributed by atoms with Crippen LogP contribution in [0, 0.1) is 0 Å². The zero-order chi connectivity index (χ0) is 55.7. The highest BCUT2D eigenvalue weighted by molar-refractivity contribution is 5.71. The molecule has 77 heavy (non-hydrogen) atoms. The first kappa shape index (κ1) is 73.3. The molecule has 1 atom stereocenters. The topological polar surface area (TPSA) is 78.9 Å². The molecule has 0 fully saturated rings. The molecule has 0 aromatic rings. The van der Waals surface area contributed by atoms with Crippen LogP contribution in [-0.4, -0.2) is 37.2 Å². The Morgan fingerprint density at radius 1 is 0.273 bits per heavy atom. The third-order valence-electron chi connectivity index (χ3n) is 14.1. The summed E-state index contributed by atoms with van der Waals surface area (Å²) in [5, 5.41) is 0. The van der Waals surface area contributed by atoms with Crippen molar-refractivity contribution in [1.82, 2.24) is 0 Å². The molecule has 6 heteroatoms. The van der Waals surface area contributed by atoms with Gasteiger partial charge >= 0.3 is 17.9 Å². The molecule has 442 valence electrons. The Morgan fingerprint density at radius 2 is 0.506 bits per heavy atom. The highest BCUT2D eigenvalue weighted by Gasteiger charge is 2.19. The maximum absolute atomic E-state index is 12.9. The third kappa shape index (κ3) is 63.0. The van der Waals surface area contributed by atoms with E-state index in [4.69, 9.17) is 14.2 Å². The van der Waals surface area contributed by atoms with Gasteiger partial charge in [0.1, 0.15) is 13.2 Å². The molecule has 0 saturated heterocycles. The molecule has 0 aliphatic heterocycles. The number of rotatable bonds is 59. The van der Waals surface area contributed by atoms with E-state index >= 15 is 0 Å². The van der Waals surface area contributed by atoms with Gasteiger partial charge in [0.2, 0.25) is 0 Å². The van der Waals surface area contributed by atoms with Gasteiger partial charge in [-0.2, -0.15) is 0 Å². The van der Waals surface area contributed by atoms with Crippen LogP contribution in [0.4, 0.5) is 0 Å². The van der Waals surface area contributed by atoms with Gasteiger partial charge in [-0.1, -0.05) is 291 Å². The maximum Gasteiger partial charge on any atom is 0.306 e. The Bertz CT molecular complexity index is 1510. The fourth-order valence-electron chi connectivity index (χ4n) is 9.18. The molecule has 0 aromatic carbocycles. The molecular formula is C71H122O6. The van der Waals surface area contributed by atoms with Gasteiger partial charge in [0.05, 0.1) is 0 Å². The zero-order valence-corrected chi connectivity index (χ0v) is 50.7. The predicted molar refractivity (Wildman–Crippen MR) is 334 cm³/mol. The fourth-order valence-corrected chi connectivity index (χ4v) is 9.18. The number of allylic oxidation sites excluding steroid dienone is 16. The van der Waals surface area contributed by atoms with Crippen LogP contribution in [0.15, 0.2) is 97.2 Å². The number of ether oxygens (including phenoxy) is 3. The minimum absolute atomic E-state index is 0.0863. The highest BCUT2D eigenvalue weighted by Crippen LogP contribution is 2.16. The fraction of sp³-hybridized carbons (Fsp3) is 0.732. The van der Waals surface area contributed by atoms with Crippen molar-refractivity contribution in [3.05, 3.63) is 97.2 Å². The van der Waals surface area contributed by atoms with E-state index < -0.39 is 6.10 Å². The average molecular weight is 1070 g/mol. The third-order valence-corrected chi connectivity index (χ3v) is 14.1. The SMILES string of the molecule is CC/C=C\C/C=C\C/C=C\C/C=C\C/C=C\C/C=C\C/C=C\CCCCCC(=O)OCC(COC(=O)CCCCCCCCCCCCCCCCC)OC(=O)CCCCCCCCCCC/C=C\CCCCCCCC. The van der Waals surface area contributed by atoms with Gasteiger partial charge in [0.15, 0.2) is 6.10 Å². The molecule has 0 aliphatic carbocycles. The van der Waals surface area contributed by atoms with Crippen molar-refractivity contribution in [3.63, 3.8) is 0 Å². The smallest absolute Gasteiger partial charge is 0.306 e. The monoisotopic (exact) mass is 1070 g/mol. The van der Waals surface area contributed by atoms with Crippen LogP contribution < -0.4 is 0 Å². The molecular weight excluding hydrogens is 949 g/mol. The molecule has 0 radical (unpaired) electrons. The van der Waals surface area contributed by atoms with E-state index in [-0.39, 0.29) is 31.1 Å². The van der Waals surface area contributed by atoms with Crippen LogP contribution in [0.5, 0.6) is 0 Å². The Hall–Kier alpha value is -3.67. The lowest BCUT2D eigenvalue weighted by atomic mass is 10.0. The van der Waals surface area contributed by atoms with Gasteiger partial charge in [-0.15, -0.1) is 0 Å². The molecule has 0 aliphatic rings. The molecule has 0 aromatic heterocycles. The molecule has 0 rings (SSSR count). The summed E-state index contributed by atoms with van der Waals surface area (Å²) in [6.45, 7) is 6.53. The lowest BCUT2D eigenvalue weighted by molar-refractivity contribution is -0.167. The Morgan fingerprint density at radius 3 is 0.818 bits per heavy atom. The van der Waals surface area contributed by atoms with E-state index in [1.54, 1.807) is 0 Å². The molecule has 1 unspecified atom stereocenters. The summed E-state index contributed by atoms with van der Waals surface area (Å²) in [5.41, 5.74) is 0. The van der Waals surface area contributed by atoms with Crippen LogP contribution in [0.2, 0.25) is 0 Å². The largest absolute Gasteiger partial charge is 0.462 e. The van der Waals surface area contributed by atoms with Crippen LogP contribution in [0.3, 0.4) is 0 Å². The van der Waals surface area contributed by atoms with Crippen LogP contribution >= 0.6 is 0 Å². The quantitative estimate of drug-likeness (QED) is 0.0261. The van der Waals surface area contributed by atoms with E-state index in [9.17, 15) is 14.4 Å². The van der Waals surface area contributed by atoms with Gasteiger partial charge in [0, 0.05) is 19.3 Å². The van der Waals surface area contributed by atoms with E-state index in [1.165, 1.54) is 167 Å². The zero-order valence-electron chi connectivity index (χ0n) is 50.7. The molecule has 0 amide bonds. The summed E-state index contributed by atoms with van der Waals surface area (Å²) in [4.78, 5) is 38.4. The molecule has 6 nitrogen and oxygen atoms in total. The van der Waals surface area contributed by atoms with Gasteiger partial charge in [-0.3, -0.25) is 14.4 Å². The number of carbonyl (C=O) groups is 3. The standard InChI is InChI=1S/C71H122O6/c1-4-7-10-13-16-19-22-25-28-30-32-33-34-35-36-37-39-40-43-46-49-52-55-58-61-64-70(73)76-67-68(66-75-69(72)63-60-57-54-51-48-45-42-27-24-21-18-15-12-9-6-3)77-71(74)65-62-59-56-53-50-47-44-41-38-31-29-26-23-20-17-14-11-8-5-2/h7,10,16,19,25-26,28-29,32-33,35-36,39-40,46,49,68H,4-6,8-9,11-15,17-18,20-24,27,30-31,34,37-38,41-45,47-48,50-67H2,1-3H3/b10-7-,19-16-,28-25-,29-26-,33-32-,36-35-,40-39-,49-46-. The summed E-state index contributed by atoms with van der Waals surface area (Å²) in [5.74, 6) is -0.910. The summed E-state index contributed by atoms with van der Waals surface area (Å²) >= 11 is 0. The number of carbonyl (C=O) groups excluding carboxylic acids is 3. The van der Waals surface area contributed by atoms with Crippen molar-refractivity contribution in [2.75, 3.05) is 13.2 Å². The van der Waals surface area contributed by atoms with Crippen LogP contribution in [0.1, 0.15) is 316 Å².